The van der Waals surface area contributed by atoms with Crippen LogP contribution in [-0.4, -0.2) is 16.7 Å². The van der Waals surface area contributed by atoms with Gasteiger partial charge >= 0.3 is 6.01 Å². The van der Waals surface area contributed by atoms with Crippen molar-refractivity contribution in [3.63, 3.8) is 0 Å². The van der Waals surface area contributed by atoms with E-state index in [1.165, 1.54) is 0 Å². The van der Waals surface area contributed by atoms with Crippen molar-refractivity contribution in [3.05, 3.63) is 35.2 Å². The third-order valence-electron chi connectivity index (χ3n) is 2.42. The molecule has 2 N–H and O–H groups in total. The van der Waals surface area contributed by atoms with Gasteiger partial charge in [-0.25, -0.2) is 0 Å². The number of benzene rings is 1. The third-order valence-corrected chi connectivity index (χ3v) is 2.67. The van der Waals surface area contributed by atoms with E-state index in [9.17, 15) is 0 Å². The van der Waals surface area contributed by atoms with Crippen LogP contribution in [-0.2, 0) is 0 Å². The van der Waals surface area contributed by atoms with Crippen LogP contribution in [0.5, 0.6) is 0 Å². The van der Waals surface area contributed by atoms with Crippen LogP contribution >= 0.6 is 11.6 Å². The van der Waals surface area contributed by atoms with Crippen LogP contribution in [0, 0.1) is 0 Å². The van der Waals surface area contributed by atoms with Gasteiger partial charge in [0.2, 0.25) is 5.89 Å². The molecule has 1 heterocycles. The summed E-state index contributed by atoms with van der Waals surface area (Å²) < 4.78 is 5.50. The zero-order chi connectivity index (χ0) is 13.0. The largest absolute Gasteiger partial charge is 0.406 e. The van der Waals surface area contributed by atoms with E-state index in [-0.39, 0.29) is 6.04 Å². The van der Waals surface area contributed by atoms with Gasteiger partial charge in [0, 0.05) is 10.7 Å². The van der Waals surface area contributed by atoms with Gasteiger partial charge in [0.1, 0.15) is 0 Å². The Labute approximate surface area is 111 Å². The fraction of sp³-hybridized carbons (Fsp3) is 0.333. The van der Waals surface area contributed by atoms with Gasteiger partial charge in [0.05, 0.1) is 6.04 Å². The number of aromatic nitrogens is 2. The van der Waals surface area contributed by atoms with E-state index in [0.29, 0.717) is 16.9 Å². The highest BCUT2D eigenvalue weighted by Gasteiger charge is 2.12. The lowest BCUT2D eigenvalue weighted by molar-refractivity contribution is 0.430. The minimum atomic E-state index is 0.0447. The second-order valence-corrected chi connectivity index (χ2v) is 4.29. The van der Waals surface area contributed by atoms with Gasteiger partial charge in [-0.1, -0.05) is 23.6 Å². The Kier molecular flexibility index (Phi) is 4.17. The predicted octanol–water partition coefficient (Wildman–Crippen LogP) is 3.14. The Morgan fingerprint density at radius 2 is 2.00 bits per heavy atom. The van der Waals surface area contributed by atoms with Crippen LogP contribution in [0.4, 0.5) is 11.7 Å². The molecule has 0 bridgehead atoms. The Morgan fingerprint density at radius 1 is 1.28 bits per heavy atom. The highest BCUT2D eigenvalue weighted by Crippen LogP contribution is 2.19. The molecule has 6 heteroatoms. The molecule has 0 radical (unpaired) electrons. The molecule has 1 unspecified atom stereocenters. The molecule has 5 nitrogen and oxygen atoms in total. The molecular weight excluding hydrogens is 252 g/mol. The van der Waals surface area contributed by atoms with E-state index < -0.39 is 0 Å². The van der Waals surface area contributed by atoms with Crippen molar-refractivity contribution in [2.24, 2.45) is 0 Å². The molecule has 2 rings (SSSR count). The minimum absolute atomic E-state index is 0.0447. The summed E-state index contributed by atoms with van der Waals surface area (Å²) in [5.74, 6) is 0.563. The lowest BCUT2D eigenvalue weighted by atomic mass is 10.3. The van der Waals surface area contributed by atoms with Gasteiger partial charge in [0.25, 0.3) is 0 Å². The zero-order valence-electron chi connectivity index (χ0n) is 10.3. The van der Waals surface area contributed by atoms with Crippen molar-refractivity contribution in [3.8, 4) is 0 Å². The van der Waals surface area contributed by atoms with Crippen molar-refractivity contribution in [2.45, 2.75) is 19.9 Å². The number of hydrogen-bond donors (Lipinski definition) is 2. The smallest absolute Gasteiger partial charge is 0.320 e. The highest BCUT2D eigenvalue weighted by molar-refractivity contribution is 6.30. The molecule has 0 amide bonds. The average molecular weight is 267 g/mol. The van der Waals surface area contributed by atoms with Crippen LogP contribution in [0.3, 0.4) is 0 Å². The number of nitrogens with zero attached hydrogens (tertiary/aromatic N) is 2. The summed E-state index contributed by atoms with van der Waals surface area (Å²) in [5, 5.41) is 14.8. The maximum atomic E-state index is 5.81. The maximum Gasteiger partial charge on any atom is 0.320 e. The normalized spacial score (nSPS) is 12.4. The lowest BCUT2D eigenvalue weighted by Crippen LogP contribution is -2.17. The SMILES string of the molecule is CCNC(C)c1nnc(Nc2ccc(Cl)cc2)o1. The first-order valence-corrected chi connectivity index (χ1v) is 6.16. The molecule has 96 valence electrons. The van der Waals surface area contributed by atoms with Gasteiger partial charge in [-0.05, 0) is 37.7 Å². The number of rotatable bonds is 5. The van der Waals surface area contributed by atoms with Crippen molar-refractivity contribution < 1.29 is 4.42 Å². The van der Waals surface area contributed by atoms with Crippen molar-refractivity contribution >= 4 is 23.3 Å². The fourth-order valence-electron chi connectivity index (χ4n) is 1.51. The average Bonchev–Trinajstić information content (AvgIpc) is 2.81. The summed E-state index contributed by atoms with van der Waals surface area (Å²) in [6.07, 6.45) is 0. The molecule has 18 heavy (non-hydrogen) atoms. The van der Waals surface area contributed by atoms with Crippen LogP contribution in [0.2, 0.25) is 5.02 Å². The third kappa shape index (κ3) is 3.21. The summed E-state index contributed by atoms with van der Waals surface area (Å²) >= 11 is 5.81. The molecule has 1 atom stereocenters. The topological polar surface area (TPSA) is 63.0 Å². The van der Waals surface area contributed by atoms with Crippen molar-refractivity contribution in [2.75, 3.05) is 11.9 Å². The van der Waals surface area contributed by atoms with Gasteiger partial charge in [-0.3, -0.25) is 0 Å². The quantitative estimate of drug-likeness (QED) is 0.870. The van der Waals surface area contributed by atoms with Gasteiger partial charge in [0.15, 0.2) is 0 Å². The minimum Gasteiger partial charge on any atom is -0.406 e. The van der Waals surface area contributed by atoms with E-state index in [2.05, 4.69) is 20.8 Å². The molecule has 0 spiro atoms. The van der Waals surface area contributed by atoms with Gasteiger partial charge in [-0.2, -0.15) is 0 Å². The highest BCUT2D eigenvalue weighted by atomic mass is 35.5. The summed E-state index contributed by atoms with van der Waals surface area (Å²) in [5.41, 5.74) is 0.853. The van der Waals surface area contributed by atoms with E-state index in [1.54, 1.807) is 12.1 Å². The summed E-state index contributed by atoms with van der Waals surface area (Å²) in [6.45, 7) is 4.85. The molecule has 0 aliphatic heterocycles. The van der Waals surface area contributed by atoms with Crippen molar-refractivity contribution in [1.29, 1.82) is 0 Å². The molecule has 0 saturated carbocycles. The van der Waals surface area contributed by atoms with E-state index in [0.717, 1.165) is 12.2 Å². The number of hydrogen-bond acceptors (Lipinski definition) is 5. The molecule has 0 aliphatic rings. The Balaban J connectivity index is 2.04. The monoisotopic (exact) mass is 266 g/mol. The number of anilines is 2. The molecule has 0 fully saturated rings. The Hall–Kier alpha value is -1.59. The first-order chi connectivity index (χ1) is 8.69. The summed E-state index contributed by atoms with van der Waals surface area (Å²) in [4.78, 5) is 0. The molecule has 1 aromatic carbocycles. The number of halogens is 1. The number of nitrogens with one attached hydrogen (secondary N) is 2. The van der Waals surface area contributed by atoms with Crippen LogP contribution in [0.25, 0.3) is 0 Å². The second-order valence-electron chi connectivity index (χ2n) is 3.86. The molecule has 2 aromatic rings. The Bertz CT molecular complexity index is 497. The van der Waals surface area contributed by atoms with Gasteiger partial charge < -0.3 is 15.1 Å². The van der Waals surface area contributed by atoms with E-state index in [4.69, 9.17) is 16.0 Å². The molecule has 0 aliphatic carbocycles. The van der Waals surface area contributed by atoms with Crippen LogP contribution in [0.15, 0.2) is 28.7 Å². The lowest BCUT2D eigenvalue weighted by Gasteiger charge is -2.06. The second kappa shape index (κ2) is 5.84. The Morgan fingerprint density at radius 3 is 2.67 bits per heavy atom. The summed E-state index contributed by atoms with van der Waals surface area (Å²) in [7, 11) is 0. The molecular formula is C12H15ClN4O. The predicted molar refractivity (Wildman–Crippen MR) is 71.1 cm³/mol. The zero-order valence-corrected chi connectivity index (χ0v) is 11.0. The van der Waals surface area contributed by atoms with Crippen molar-refractivity contribution in [1.82, 2.24) is 15.5 Å². The molecule has 1 aromatic heterocycles. The van der Waals surface area contributed by atoms with E-state index in [1.807, 2.05) is 26.0 Å². The first-order valence-electron chi connectivity index (χ1n) is 5.78. The first kappa shape index (κ1) is 12.9. The van der Waals surface area contributed by atoms with Crippen LogP contribution < -0.4 is 10.6 Å². The maximum absolute atomic E-state index is 5.81. The fourth-order valence-corrected chi connectivity index (χ4v) is 1.64. The standard InChI is InChI=1S/C12H15ClN4O/c1-3-14-8(2)11-16-17-12(18-11)15-10-6-4-9(13)5-7-10/h4-8,14H,3H2,1-2H3,(H,15,17). The molecule has 0 saturated heterocycles. The van der Waals surface area contributed by atoms with Crippen LogP contribution in [0.1, 0.15) is 25.8 Å². The summed E-state index contributed by atoms with van der Waals surface area (Å²) in [6, 6.07) is 7.70. The van der Waals surface area contributed by atoms with Gasteiger partial charge in [-0.15, -0.1) is 5.10 Å². The van der Waals surface area contributed by atoms with E-state index >= 15 is 0 Å².